The van der Waals surface area contributed by atoms with Gasteiger partial charge in [-0.25, -0.2) is 0 Å². The average molecular weight is 287 g/mol. The molecular formula is C16H17NO4. The number of methoxy groups -OCH3 is 1. The van der Waals surface area contributed by atoms with Crippen LogP contribution in [0.4, 0.5) is 0 Å². The van der Waals surface area contributed by atoms with Gasteiger partial charge in [-0.2, -0.15) is 0 Å². The minimum atomic E-state index is -0.0173. The Bertz CT molecular complexity index is 668. The van der Waals surface area contributed by atoms with Crippen molar-refractivity contribution in [3.05, 3.63) is 36.1 Å². The largest absolute Gasteiger partial charge is 0.497 e. The number of furan rings is 1. The Labute approximate surface area is 122 Å². The fraction of sp³-hybridized carbons (Fsp3) is 0.312. The molecule has 2 aromatic rings. The predicted molar refractivity (Wildman–Crippen MR) is 79.2 cm³/mol. The van der Waals surface area contributed by atoms with Crippen molar-refractivity contribution in [1.82, 2.24) is 4.90 Å². The fourth-order valence-corrected chi connectivity index (χ4v) is 2.29. The minimum absolute atomic E-state index is 0.0173. The van der Waals surface area contributed by atoms with Crippen molar-refractivity contribution in [2.24, 2.45) is 0 Å². The molecule has 0 N–H and O–H groups in total. The Kier molecular flexibility index (Phi) is 3.92. The summed E-state index contributed by atoms with van der Waals surface area (Å²) in [5.74, 6) is 1.42. The van der Waals surface area contributed by atoms with Gasteiger partial charge in [-0.05, 0) is 30.3 Å². The molecule has 1 aliphatic rings. The molecular weight excluding hydrogens is 270 g/mol. The summed E-state index contributed by atoms with van der Waals surface area (Å²) < 4.78 is 16.1. The van der Waals surface area contributed by atoms with E-state index in [0.717, 1.165) is 16.7 Å². The maximum Gasteiger partial charge on any atom is 0.246 e. The number of rotatable bonds is 3. The molecule has 5 heteroatoms. The summed E-state index contributed by atoms with van der Waals surface area (Å²) in [5.41, 5.74) is 0.772. The molecule has 1 aliphatic heterocycles. The van der Waals surface area contributed by atoms with E-state index in [9.17, 15) is 4.79 Å². The highest BCUT2D eigenvalue weighted by molar-refractivity contribution is 5.92. The molecule has 0 saturated carbocycles. The van der Waals surface area contributed by atoms with Crippen molar-refractivity contribution in [1.29, 1.82) is 0 Å². The first-order chi connectivity index (χ1) is 10.3. The highest BCUT2D eigenvalue weighted by atomic mass is 16.5. The van der Waals surface area contributed by atoms with E-state index in [1.165, 1.54) is 0 Å². The molecule has 0 radical (unpaired) electrons. The maximum atomic E-state index is 12.0. The Balaban J connectivity index is 1.74. The summed E-state index contributed by atoms with van der Waals surface area (Å²) in [6.45, 7) is 2.48. The van der Waals surface area contributed by atoms with Crippen LogP contribution >= 0.6 is 0 Å². The number of hydrogen-bond donors (Lipinski definition) is 0. The first-order valence-corrected chi connectivity index (χ1v) is 6.88. The van der Waals surface area contributed by atoms with Crippen LogP contribution in [0.2, 0.25) is 0 Å². The van der Waals surface area contributed by atoms with Gasteiger partial charge in [0.15, 0.2) is 0 Å². The van der Waals surface area contributed by atoms with Gasteiger partial charge >= 0.3 is 0 Å². The quantitative estimate of drug-likeness (QED) is 0.813. The molecule has 3 rings (SSSR count). The Hall–Kier alpha value is -2.27. The molecule has 2 heterocycles. The Morgan fingerprint density at radius 1 is 1.29 bits per heavy atom. The van der Waals surface area contributed by atoms with E-state index in [1.807, 2.05) is 24.3 Å². The lowest BCUT2D eigenvalue weighted by atomic mass is 10.2. The molecule has 0 aliphatic carbocycles. The number of nitrogens with zero attached hydrogens (tertiary/aromatic N) is 1. The number of hydrogen-bond acceptors (Lipinski definition) is 4. The summed E-state index contributed by atoms with van der Waals surface area (Å²) in [4.78, 5) is 13.8. The molecule has 0 unspecified atom stereocenters. The van der Waals surface area contributed by atoms with E-state index in [1.54, 1.807) is 24.2 Å². The molecule has 0 atom stereocenters. The van der Waals surface area contributed by atoms with Crippen LogP contribution in [0.15, 0.2) is 34.8 Å². The lowest BCUT2D eigenvalue weighted by molar-refractivity contribution is -0.129. The monoisotopic (exact) mass is 287 g/mol. The second-order valence-electron chi connectivity index (χ2n) is 4.82. The average Bonchev–Trinajstić information content (AvgIpc) is 2.95. The first kappa shape index (κ1) is 13.7. The molecule has 0 bridgehead atoms. The van der Waals surface area contributed by atoms with Gasteiger partial charge in [0.2, 0.25) is 5.91 Å². The molecule has 1 aromatic heterocycles. The van der Waals surface area contributed by atoms with E-state index < -0.39 is 0 Å². The van der Waals surface area contributed by atoms with Crippen molar-refractivity contribution in [3.8, 4) is 5.75 Å². The van der Waals surface area contributed by atoms with Crippen LogP contribution in [-0.2, 0) is 9.53 Å². The number of amides is 1. The number of fused-ring (bicyclic) bond motifs is 1. The summed E-state index contributed by atoms with van der Waals surface area (Å²) in [5, 5.41) is 0.952. The molecule has 0 spiro atoms. The van der Waals surface area contributed by atoms with E-state index in [-0.39, 0.29) is 5.91 Å². The third kappa shape index (κ3) is 3.08. The SMILES string of the molecule is COc1ccc2oc(/C=C/C(=O)N3CCOCC3)cc2c1. The zero-order valence-electron chi connectivity index (χ0n) is 11.9. The molecule has 1 fully saturated rings. The normalized spacial score (nSPS) is 15.8. The van der Waals surface area contributed by atoms with Crippen LogP contribution in [0.25, 0.3) is 17.0 Å². The lowest BCUT2D eigenvalue weighted by Crippen LogP contribution is -2.39. The number of carbonyl (C=O) groups is 1. The van der Waals surface area contributed by atoms with Gasteiger partial charge in [-0.1, -0.05) is 0 Å². The highest BCUT2D eigenvalue weighted by Gasteiger charge is 2.14. The molecule has 1 aromatic carbocycles. The third-order valence-electron chi connectivity index (χ3n) is 3.46. The van der Waals surface area contributed by atoms with Crippen molar-refractivity contribution < 1.29 is 18.7 Å². The van der Waals surface area contributed by atoms with Crippen molar-refractivity contribution >= 4 is 23.0 Å². The number of morpholine rings is 1. The van der Waals surface area contributed by atoms with Crippen molar-refractivity contribution in [2.75, 3.05) is 33.4 Å². The van der Waals surface area contributed by atoms with Gasteiger partial charge in [0.25, 0.3) is 0 Å². The van der Waals surface area contributed by atoms with Gasteiger partial charge in [0, 0.05) is 24.6 Å². The summed E-state index contributed by atoms with van der Waals surface area (Å²) >= 11 is 0. The minimum Gasteiger partial charge on any atom is -0.497 e. The Morgan fingerprint density at radius 3 is 2.86 bits per heavy atom. The fourth-order valence-electron chi connectivity index (χ4n) is 2.29. The molecule has 110 valence electrons. The topological polar surface area (TPSA) is 51.9 Å². The van der Waals surface area contributed by atoms with Crippen LogP contribution < -0.4 is 4.74 Å². The van der Waals surface area contributed by atoms with Crippen LogP contribution in [0.3, 0.4) is 0 Å². The molecule has 1 amide bonds. The molecule has 1 saturated heterocycles. The van der Waals surface area contributed by atoms with Crippen molar-refractivity contribution in [2.45, 2.75) is 0 Å². The van der Waals surface area contributed by atoms with Crippen LogP contribution in [-0.4, -0.2) is 44.2 Å². The maximum absolute atomic E-state index is 12.0. The van der Waals surface area contributed by atoms with Crippen molar-refractivity contribution in [3.63, 3.8) is 0 Å². The second kappa shape index (κ2) is 6.01. The zero-order chi connectivity index (χ0) is 14.7. The third-order valence-corrected chi connectivity index (χ3v) is 3.46. The van der Waals surface area contributed by atoms with Crippen LogP contribution in [0.5, 0.6) is 5.75 Å². The predicted octanol–water partition coefficient (Wildman–Crippen LogP) is 2.31. The van der Waals surface area contributed by atoms with Crippen LogP contribution in [0.1, 0.15) is 5.76 Å². The number of carbonyl (C=O) groups excluding carboxylic acids is 1. The van der Waals surface area contributed by atoms with Gasteiger partial charge in [0.1, 0.15) is 17.1 Å². The van der Waals surface area contributed by atoms with E-state index in [4.69, 9.17) is 13.9 Å². The smallest absolute Gasteiger partial charge is 0.246 e. The van der Waals surface area contributed by atoms with Gasteiger partial charge in [-0.3, -0.25) is 4.79 Å². The molecule has 21 heavy (non-hydrogen) atoms. The summed E-state index contributed by atoms with van der Waals surface area (Å²) in [7, 11) is 1.63. The first-order valence-electron chi connectivity index (χ1n) is 6.88. The highest BCUT2D eigenvalue weighted by Crippen LogP contribution is 2.24. The number of benzene rings is 1. The number of ether oxygens (including phenoxy) is 2. The summed E-state index contributed by atoms with van der Waals surface area (Å²) in [6.07, 6.45) is 3.24. The van der Waals surface area contributed by atoms with Gasteiger partial charge < -0.3 is 18.8 Å². The standard InChI is InChI=1S/C16H17NO4/c1-19-13-2-4-15-12(10-13)11-14(21-15)3-5-16(18)17-6-8-20-9-7-17/h2-5,10-11H,6-9H2,1H3/b5-3+. The Morgan fingerprint density at radius 2 is 2.10 bits per heavy atom. The zero-order valence-corrected chi connectivity index (χ0v) is 11.9. The summed E-state index contributed by atoms with van der Waals surface area (Å²) in [6, 6.07) is 7.49. The van der Waals surface area contributed by atoms with E-state index in [0.29, 0.717) is 32.1 Å². The lowest BCUT2D eigenvalue weighted by Gasteiger charge is -2.25. The van der Waals surface area contributed by atoms with E-state index in [2.05, 4.69) is 0 Å². The van der Waals surface area contributed by atoms with Gasteiger partial charge in [-0.15, -0.1) is 0 Å². The van der Waals surface area contributed by atoms with E-state index >= 15 is 0 Å². The molecule has 5 nitrogen and oxygen atoms in total. The van der Waals surface area contributed by atoms with Gasteiger partial charge in [0.05, 0.1) is 20.3 Å². The van der Waals surface area contributed by atoms with Crippen LogP contribution in [0, 0.1) is 0 Å². The second-order valence-corrected chi connectivity index (χ2v) is 4.82.